The summed E-state index contributed by atoms with van der Waals surface area (Å²) in [5.74, 6) is 2.20. The topological polar surface area (TPSA) is 93.0 Å². The first-order valence-electron chi connectivity index (χ1n) is 9.68. The first-order valence-corrected chi connectivity index (χ1v) is 13.5. The molecule has 1 amide bonds. The van der Waals surface area contributed by atoms with E-state index in [4.69, 9.17) is 5.73 Å². The number of carbonyl (C=O) groups is 1. The SMILES string of the molecule is CCSCc1cc(-c2cc(C(N)=O)c3[nH]cc(C4CCS(=O)(=O)CC4)c3c2)cs1. The van der Waals surface area contributed by atoms with E-state index in [9.17, 15) is 13.2 Å². The summed E-state index contributed by atoms with van der Waals surface area (Å²) in [6.07, 6.45) is 3.14. The number of rotatable bonds is 6. The molecule has 0 radical (unpaired) electrons. The smallest absolute Gasteiger partial charge is 0.250 e. The van der Waals surface area contributed by atoms with Crippen LogP contribution in [0.1, 0.15) is 46.5 Å². The molecule has 29 heavy (non-hydrogen) atoms. The van der Waals surface area contributed by atoms with Crippen LogP contribution in [0.2, 0.25) is 0 Å². The minimum atomic E-state index is -2.92. The number of nitrogens with one attached hydrogen (secondary N) is 1. The average molecular weight is 449 g/mol. The lowest BCUT2D eigenvalue weighted by Crippen LogP contribution is -2.22. The molecular formula is C21H24N2O3S3. The van der Waals surface area contributed by atoms with Crippen molar-refractivity contribution in [2.45, 2.75) is 31.4 Å². The van der Waals surface area contributed by atoms with Crippen molar-refractivity contribution in [2.75, 3.05) is 17.3 Å². The predicted octanol–water partition coefficient (Wildman–Crippen LogP) is 4.54. The molecule has 0 bridgehead atoms. The van der Waals surface area contributed by atoms with Gasteiger partial charge in [0.05, 0.1) is 22.6 Å². The van der Waals surface area contributed by atoms with E-state index in [2.05, 4.69) is 29.4 Å². The largest absolute Gasteiger partial charge is 0.366 e. The molecule has 0 atom stereocenters. The summed E-state index contributed by atoms with van der Waals surface area (Å²) in [5, 5.41) is 3.09. The molecule has 0 saturated carbocycles. The van der Waals surface area contributed by atoms with Crippen molar-refractivity contribution in [1.82, 2.24) is 4.98 Å². The number of thioether (sulfide) groups is 1. The van der Waals surface area contributed by atoms with Crippen LogP contribution in [0.15, 0.2) is 29.8 Å². The zero-order valence-electron chi connectivity index (χ0n) is 16.2. The molecule has 154 valence electrons. The summed E-state index contributed by atoms with van der Waals surface area (Å²) < 4.78 is 23.6. The number of sulfone groups is 1. The second kappa shape index (κ2) is 8.16. The Labute approximate surface area is 179 Å². The molecule has 1 saturated heterocycles. The van der Waals surface area contributed by atoms with Crippen molar-refractivity contribution in [3.63, 3.8) is 0 Å². The number of thiophene rings is 1. The van der Waals surface area contributed by atoms with E-state index < -0.39 is 15.7 Å². The van der Waals surface area contributed by atoms with Crippen LogP contribution in [-0.2, 0) is 15.6 Å². The number of aromatic amines is 1. The highest BCUT2D eigenvalue weighted by atomic mass is 32.2. The van der Waals surface area contributed by atoms with Gasteiger partial charge in [0.15, 0.2) is 0 Å². The summed E-state index contributed by atoms with van der Waals surface area (Å²) in [4.78, 5) is 16.7. The molecule has 4 rings (SSSR count). The maximum Gasteiger partial charge on any atom is 0.250 e. The van der Waals surface area contributed by atoms with Gasteiger partial charge in [-0.15, -0.1) is 11.3 Å². The summed E-state index contributed by atoms with van der Waals surface area (Å²) in [6, 6.07) is 6.14. The molecule has 8 heteroatoms. The van der Waals surface area contributed by atoms with E-state index in [-0.39, 0.29) is 17.4 Å². The standard InChI is InChI=1S/C21H24N2O3S3/c1-2-27-12-16-7-15(11-28-16)14-8-17-19(13-3-5-29(25,26)6-4-13)10-23-20(17)18(9-14)21(22)24/h7-11,13,23H,2-6,12H2,1H3,(H2,22,24). The van der Waals surface area contributed by atoms with Gasteiger partial charge in [-0.05, 0) is 64.8 Å². The van der Waals surface area contributed by atoms with Crippen molar-refractivity contribution in [3.05, 3.63) is 45.8 Å². The lowest BCUT2D eigenvalue weighted by molar-refractivity contribution is 0.100. The number of hydrogen-bond acceptors (Lipinski definition) is 5. The van der Waals surface area contributed by atoms with Crippen LogP contribution >= 0.6 is 23.1 Å². The molecule has 0 aliphatic carbocycles. The Bertz CT molecular complexity index is 1150. The molecule has 1 aliphatic rings. The van der Waals surface area contributed by atoms with E-state index in [0.717, 1.165) is 39.1 Å². The molecule has 3 aromatic rings. The molecule has 1 fully saturated rings. The number of hydrogen-bond donors (Lipinski definition) is 2. The van der Waals surface area contributed by atoms with Gasteiger partial charge in [0, 0.05) is 22.2 Å². The Kier molecular flexibility index (Phi) is 5.77. The number of aromatic nitrogens is 1. The number of amides is 1. The molecule has 1 aliphatic heterocycles. The van der Waals surface area contributed by atoms with Crippen LogP contribution in [-0.4, -0.2) is 36.6 Å². The van der Waals surface area contributed by atoms with Crippen molar-refractivity contribution >= 4 is 49.7 Å². The third kappa shape index (κ3) is 4.25. The number of carbonyl (C=O) groups excluding carboxylic acids is 1. The van der Waals surface area contributed by atoms with E-state index >= 15 is 0 Å². The summed E-state index contributed by atoms with van der Waals surface area (Å²) in [7, 11) is -2.92. The van der Waals surface area contributed by atoms with Crippen molar-refractivity contribution in [1.29, 1.82) is 0 Å². The molecule has 5 nitrogen and oxygen atoms in total. The van der Waals surface area contributed by atoms with Gasteiger partial charge < -0.3 is 10.7 Å². The van der Waals surface area contributed by atoms with Gasteiger partial charge in [0.2, 0.25) is 0 Å². The second-order valence-electron chi connectivity index (χ2n) is 7.42. The number of H-pyrrole nitrogens is 1. The van der Waals surface area contributed by atoms with E-state index in [1.807, 2.05) is 24.0 Å². The van der Waals surface area contributed by atoms with Crippen molar-refractivity contribution in [3.8, 4) is 11.1 Å². The van der Waals surface area contributed by atoms with Crippen LogP contribution in [0, 0.1) is 0 Å². The quantitative estimate of drug-likeness (QED) is 0.579. The Balaban J connectivity index is 1.76. The van der Waals surface area contributed by atoms with Crippen molar-refractivity contribution < 1.29 is 13.2 Å². The van der Waals surface area contributed by atoms with Crippen LogP contribution in [0.3, 0.4) is 0 Å². The van der Waals surface area contributed by atoms with Crippen LogP contribution in [0.4, 0.5) is 0 Å². The van der Waals surface area contributed by atoms with Crippen LogP contribution in [0.5, 0.6) is 0 Å². The minimum Gasteiger partial charge on any atom is -0.366 e. The number of nitrogens with two attached hydrogens (primary N) is 1. The van der Waals surface area contributed by atoms with Gasteiger partial charge in [0.25, 0.3) is 5.91 Å². The third-order valence-corrected chi connectivity index (χ3v) is 9.28. The molecular weight excluding hydrogens is 424 g/mol. The first kappa shape index (κ1) is 20.5. The molecule has 2 aromatic heterocycles. The molecule has 1 aromatic carbocycles. The predicted molar refractivity (Wildman–Crippen MR) is 123 cm³/mol. The van der Waals surface area contributed by atoms with E-state index in [1.54, 1.807) is 11.3 Å². The first-order chi connectivity index (χ1) is 13.9. The summed E-state index contributed by atoms with van der Waals surface area (Å²) in [6.45, 7) is 2.15. The Morgan fingerprint density at radius 1 is 1.24 bits per heavy atom. The van der Waals surface area contributed by atoms with Gasteiger partial charge in [-0.2, -0.15) is 11.8 Å². The number of primary amides is 1. The summed E-state index contributed by atoms with van der Waals surface area (Å²) in [5.41, 5.74) is 10.0. The Hall–Kier alpha value is -1.77. The van der Waals surface area contributed by atoms with Crippen molar-refractivity contribution in [2.24, 2.45) is 5.73 Å². The van der Waals surface area contributed by atoms with Gasteiger partial charge >= 0.3 is 0 Å². The van der Waals surface area contributed by atoms with E-state index in [0.29, 0.717) is 18.4 Å². The fourth-order valence-electron chi connectivity index (χ4n) is 3.96. The highest BCUT2D eigenvalue weighted by Gasteiger charge is 2.27. The molecule has 3 heterocycles. The average Bonchev–Trinajstić information content (AvgIpc) is 3.32. The zero-order chi connectivity index (χ0) is 20.6. The molecule has 3 N–H and O–H groups in total. The fraction of sp³-hybridized carbons (Fsp3) is 0.381. The highest BCUT2D eigenvalue weighted by molar-refractivity contribution is 7.98. The third-order valence-electron chi connectivity index (χ3n) is 5.52. The van der Waals surface area contributed by atoms with Gasteiger partial charge in [-0.1, -0.05) is 6.92 Å². The monoisotopic (exact) mass is 448 g/mol. The maximum atomic E-state index is 12.1. The minimum absolute atomic E-state index is 0.169. The maximum absolute atomic E-state index is 12.1. The lowest BCUT2D eigenvalue weighted by Gasteiger charge is -2.21. The number of fused-ring (bicyclic) bond motifs is 1. The Morgan fingerprint density at radius 3 is 2.69 bits per heavy atom. The molecule has 0 spiro atoms. The number of benzene rings is 1. The Morgan fingerprint density at radius 2 is 2.00 bits per heavy atom. The van der Waals surface area contributed by atoms with Crippen LogP contribution in [0.25, 0.3) is 22.0 Å². The second-order valence-corrected chi connectivity index (χ2v) is 12.0. The van der Waals surface area contributed by atoms with Gasteiger partial charge in [0.1, 0.15) is 9.84 Å². The van der Waals surface area contributed by atoms with Crippen LogP contribution < -0.4 is 5.73 Å². The van der Waals surface area contributed by atoms with Gasteiger partial charge in [-0.25, -0.2) is 8.42 Å². The highest BCUT2D eigenvalue weighted by Crippen LogP contribution is 2.38. The van der Waals surface area contributed by atoms with E-state index in [1.165, 1.54) is 4.88 Å². The molecule has 0 unspecified atom stereocenters. The van der Waals surface area contributed by atoms with Gasteiger partial charge in [-0.3, -0.25) is 4.79 Å². The normalized spacial score (nSPS) is 17.0. The fourth-order valence-corrected chi connectivity index (χ4v) is 7.14. The lowest BCUT2D eigenvalue weighted by atomic mass is 9.91. The summed E-state index contributed by atoms with van der Waals surface area (Å²) >= 11 is 3.61. The zero-order valence-corrected chi connectivity index (χ0v) is 18.7.